The van der Waals surface area contributed by atoms with Crippen LogP contribution in [0.1, 0.15) is 18.4 Å². The van der Waals surface area contributed by atoms with E-state index in [1.54, 1.807) is 19.5 Å². The summed E-state index contributed by atoms with van der Waals surface area (Å²) in [5, 5.41) is 0. The minimum Gasteiger partial charge on any atom is -0.497 e. The summed E-state index contributed by atoms with van der Waals surface area (Å²) in [4.78, 5) is 10.8. The summed E-state index contributed by atoms with van der Waals surface area (Å²) < 4.78 is 11.9. The molecule has 1 fully saturated rings. The maximum Gasteiger partial charge on any atom is 0.316 e. The first-order valence-electron chi connectivity index (χ1n) is 8.18. The van der Waals surface area contributed by atoms with E-state index in [0.717, 1.165) is 42.7 Å². The molecule has 0 radical (unpaired) electrons. The molecule has 1 aliphatic rings. The van der Waals surface area contributed by atoms with Crippen molar-refractivity contribution in [1.82, 2.24) is 14.9 Å². The van der Waals surface area contributed by atoms with Gasteiger partial charge in [-0.2, -0.15) is 0 Å². The van der Waals surface area contributed by atoms with Crippen LogP contribution < -0.4 is 9.47 Å². The molecule has 0 amide bonds. The van der Waals surface area contributed by atoms with Crippen molar-refractivity contribution in [3.8, 4) is 11.8 Å². The van der Waals surface area contributed by atoms with Crippen LogP contribution in [0.5, 0.6) is 11.8 Å². The number of methoxy groups -OCH3 is 1. The van der Waals surface area contributed by atoms with Crippen LogP contribution in [0.2, 0.25) is 0 Å². The van der Waals surface area contributed by atoms with E-state index in [1.165, 1.54) is 5.56 Å². The molecule has 2 aromatic rings. The van der Waals surface area contributed by atoms with Gasteiger partial charge in [0, 0.05) is 18.9 Å². The first kappa shape index (κ1) is 17.2. The average Bonchev–Trinajstić information content (AvgIpc) is 2.63. The highest BCUT2D eigenvalue weighted by molar-refractivity contribution is 9.10. The largest absolute Gasteiger partial charge is 0.497 e. The summed E-state index contributed by atoms with van der Waals surface area (Å²) in [6.45, 7) is 3.84. The third kappa shape index (κ3) is 4.92. The van der Waals surface area contributed by atoms with E-state index >= 15 is 0 Å². The Bertz CT molecular complexity index is 643. The molecule has 0 unspecified atom stereocenters. The smallest absolute Gasteiger partial charge is 0.316 e. The molecule has 0 bridgehead atoms. The number of benzene rings is 1. The van der Waals surface area contributed by atoms with Crippen LogP contribution in [0.25, 0.3) is 0 Å². The summed E-state index contributed by atoms with van der Waals surface area (Å²) in [5.74, 6) is 1.49. The molecule has 1 aromatic carbocycles. The first-order valence-corrected chi connectivity index (χ1v) is 8.98. The highest BCUT2D eigenvalue weighted by Crippen LogP contribution is 2.21. The number of likely N-dealkylation sites (tertiary alicyclic amines) is 1. The third-order valence-electron chi connectivity index (χ3n) is 4.29. The summed E-state index contributed by atoms with van der Waals surface area (Å²) >= 11 is 3.32. The number of ether oxygens (including phenoxy) is 2. The van der Waals surface area contributed by atoms with Crippen molar-refractivity contribution in [2.75, 3.05) is 26.8 Å². The Morgan fingerprint density at radius 3 is 2.67 bits per heavy atom. The summed E-state index contributed by atoms with van der Waals surface area (Å²) in [5.41, 5.74) is 1.30. The molecular weight excluding hydrogens is 370 g/mol. The highest BCUT2D eigenvalue weighted by atomic mass is 79.9. The summed E-state index contributed by atoms with van der Waals surface area (Å²) in [6, 6.07) is 8.75. The van der Waals surface area contributed by atoms with E-state index in [9.17, 15) is 0 Å². The monoisotopic (exact) mass is 391 g/mol. The highest BCUT2D eigenvalue weighted by Gasteiger charge is 2.20. The fourth-order valence-corrected chi connectivity index (χ4v) is 3.11. The van der Waals surface area contributed by atoms with Gasteiger partial charge in [0.2, 0.25) is 0 Å². The lowest BCUT2D eigenvalue weighted by Gasteiger charge is -2.31. The molecule has 1 aliphatic heterocycles. The molecule has 6 heteroatoms. The van der Waals surface area contributed by atoms with Gasteiger partial charge in [0.25, 0.3) is 0 Å². The van der Waals surface area contributed by atoms with Gasteiger partial charge in [-0.05, 0) is 65.5 Å². The maximum atomic E-state index is 5.71. The number of halogens is 1. The number of hydrogen-bond acceptors (Lipinski definition) is 5. The first-order chi connectivity index (χ1) is 11.7. The molecule has 2 heterocycles. The Morgan fingerprint density at radius 2 is 1.96 bits per heavy atom. The second-order valence-electron chi connectivity index (χ2n) is 6.07. The Labute approximate surface area is 151 Å². The van der Waals surface area contributed by atoms with Crippen molar-refractivity contribution < 1.29 is 9.47 Å². The molecular formula is C18H22BrN3O2. The molecule has 1 saturated heterocycles. The van der Waals surface area contributed by atoms with Gasteiger partial charge in [-0.15, -0.1) is 0 Å². The van der Waals surface area contributed by atoms with E-state index < -0.39 is 0 Å². The Morgan fingerprint density at radius 1 is 1.21 bits per heavy atom. The lowest BCUT2D eigenvalue weighted by atomic mass is 9.97. The lowest BCUT2D eigenvalue weighted by molar-refractivity contribution is 0.132. The molecule has 0 atom stereocenters. The van der Waals surface area contributed by atoms with E-state index in [4.69, 9.17) is 9.47 Å². The number of aromatic nitrogens is 2. The molecule has 0 aliphatic carbocycles. The topological polar surface area (TPSA) is 47.5 Å². The Hall–Kier alpha value is -1.66. The van der Waals surface area contributed by atoms with Crippen molar-refractivity contribution in [3.05, 3.63) is 46.7 Å². The molecule has 24 heavy (non-hydrogen) atoms. The zero-order chi connectivity index (χ0) is 16.8. The van der Waals surface area contributed by atoms with Crippen molar-refractivity contribution in [2.45, 2.75) is 19.4 Å². The van der Waals surface area contributed by atoms with Crippen molar-refractivity contribution in [1.29, 1.82) is 0 Å². The third-order valence-corrected chi connectivity index (χ3v) is 4.70. The second-order valence-corrected chi connectivity index (χ2v) is 6.98. The lowest BCUT2D eigenvalue weighted by Crippen LogP contribution is -2.35. The minimum absolute atomic E-state index is 0.456. The van der Waals surface area contributed by atoms with Crippen LogP contribution in [0.3, 0.4) is 0 Å². The van der Waals surface area contributed by atoms with E-state index in [2.05, 4.69) is 42.9 Å². The van der Waals surface area contributed by atoms with Crippen LogP contribution in [0, 0.1) is 5.92 Å². The number of nitrogens with zero attached hydrogens (tertiary/aromatic N) is 3. The van der Waals surface area contributed by atoms with E-state index in [-0.39, 0.29) is 0 Å². The number of hydrogen-bond donors (Lipinski definition) is 0. The summed E-state index contributed by atoms with van der Waals surface area (Å²) in [6.07, 6.45) is 5.69. The molecule has 0 N–H and O–H groups in total. The van der Waals surface area contributed by atoms with Crippen LogP contribution in [0.15, 0.2) is 41.1 Å². The summed E-state index contributed by atoms with van der Waals surface area (Å²) in [7, 11) is 1.71. The Balaban J connectivity index is 1.42. The minimum atomic E-state index is 0.456. The Kier molecular flexibility index (Phi) is 6.04. The average molecular weight is 392 g/mol. The molecule has 128 valence electrons. The van der Waals surface area contributed by atoms with Gasteiger partial charge in [-0.3, -0.25) is 4.90 Å². The second kappa shape index (κ2) is 8.44. The van der Waals surface area contributed by atoms with E-state index in [1.807, 2.05) is 12.1 Å². The molecule has 5 nitrogen and oxygen atoms in total. The molecule has 3 rings (SSSR count). The van der Waals surface area contributed by atoms with Gasteiger partial charge in [0.05, 0.1) is 18.2 Å². The predicted molar refractivity (Wildman–Crippen MR) is 96.2 cm³/mol. The fraction of sp³-hybridized carbons (Fsp3) is 0.444. The van der Waals surface area contributed by atoms with Crippen LogP contribution in [0.4, 0.5) is 0 Å². The zero-order valence-electron chi connectivity index (χ0n) is 13.8. The van der Waals surface area contributed by atoms with Gasteiger partial charge in [0.1, 0.15) is 5.75 Å². The molecule has 0 saturated carbocycles. The number of rotatable bonds is 6. The SMILES string of the molecule is COc1cccc(CN2CCC(COc3ncc(Br)cn3)CC2)c1. The van der Waals surface area contributed by atoms with Gasteiger partial charge >= 0.3 is 6.01 Å². The van der Waals surface area contributed by atoms with Crippen LogP contribution >= 0.6 is 15.9 Å². The quantitative estimate of drug-likeness (QED) is 0.753. The van der Waals surface area contributed by atoms with E-state index in [0.29, 0.717) is 18.5 Å². The zero-order valence-corrected chi connectivity index (χ0v) is 15.4. The van der Waals surface area contributed by atoms with Crippen molar-refractivity contribution in [3.63, 3.8) is 0 Å². The molecule has 1 aromatic heterocycles. The predicted octanol–water partition coefficient (Wildman–Crippen LogP) is 3.54. The van der Waals surface area contributed by atoms with Gasteiger partial charge in [-0.1, -0.05) is 12.1 Å². The van der Waals surface area contributed by atoms with Crippen LogP contribution in [-0.4, -0.2) is 41.7 Å². The maximum absolute atomic E-state index is 5.71. The van der Waals surface area contributed by atoms with Crippen LogP contribution in [-0.2, 0) is 6.54 Å². The van der Waals surface area contributed by atoms with Crippen molar-refractivity contribution >= 4 is 15.9 Å². The standard InChI is InChI=1S/C18H22BrN3O2/c1-23-17-4-2-3-15(9-17)12-22-7-5-14(6-8-22)13-24-18-20-10-16(19)11-21-18/h2-4,9-11,14H,5-8,12-13H2,1H3. The fourth-order valence-electron chi connectivity index (χ4n) is 2.91. The van der Waals surface area contributed by atoms with Gasteiger partial charge in [-0.25, -0.2) is 9.97 Å². The van der Waals surface area contributed by atoms with Crippen molar-refractivity contribution in [2.24, 2.45) is 5.92 Å². The normalized spacial score (nSPS) is 16.1. The molecule has 0 spiro atoms. The van der Waals surface area contributed by atoms with Gasteiger partial charge < -0.3 is 9.47 Å². The van der Waals surface area contributed by atoms with Gasteiger partial charge in [0.15, 0.2) is 0 Å². The number of piperidine rings is 1.